The molecule has 1 aliphatic carbocycles. The normalized spacial score (nSPS) is 24.1. The number of piperidine rings is 1. The van der Waals surface area contributed by atoms with E-state index in [9.17, 15) is 4.79 Å². The number of para-hydroxylation sites is 1. The SMILES string of the molecule is NC(=O)c1cccc2oc(C3CNCC4(CC4)C3)nc12. The number of hydrogen-bond acceptors (Lipinski definition) is 4. The summed E-state index contributed by atoms with van der Waals surface area (Å²) in [4.78, 5) is 16.0. The van der Waals surface area contributed by atoms with Gasteiger partial charge in [0.25, 0.3) is 5.91 Å². The number of amides is 1. The molecule has 4 rings (SSSR count). The summed E-state index contributed by atoms with van der Waals surface area (Å²) in [6.45, 7) is 2.00. The number of nitrogens with zero attached hydrogens (tertiary/aromatic N) is 1. The van der Waals surface area contributed by atoms with Crippen LogP contribution in [0.2, 0.25) is 0 Å². The molecule has 2 heterocycles. The van der Waals surface area contributed by atoms with E-state index in [4.69, 9.17) is 10.2 Å². The Bertz CT molecular complexity index is 687. The Morgan fingerprint density at radius 3 is 3.05 bits per heavy atom. The highest BCUT2D eigenvalue weighted by molar-refractivity contribution is 6.03. The lowest BCUT2D eigenvalue weighted by Gasteiger charge is -2.27. The van der Waals surface area contributed by atoms with E-state index in [-0.39, 0.29) is 0 Å². The molecular formula is C15H17N3O2. The molecule has 1 saturated heterocycles. The van der Waals surface area contributed by atoms with Crippen molar-refractivity contribution in [1.82, 2.24) is 10.3 Å². The minimum Gasteiger partial charge on any atom is -0.440 e. The third-order valence-electron chi connectivity index (χ3n) is 4.58. The number of aromatic nitrogens is 1. The van der Waals surface area contributed by atoms with E-state index in [0.29, 0.717) is 28.0 Å². The van der Waals surface area contributed by atoms with Crippen molar-refractivity contribution in [2.45, 2.75) is 25.2 Å². The Balaban J connectivity index is 1.73. The second kappa shape index (κ2) is 4.06. The summed E-state index contributed by atoms with van der Waals surface area (Å²) in [5.74, 6) is 0.558. The van der Waals surface area contributed by atoms with Gasteiger partial charge in [-0.25, -0.2) is 4.98 Å². The third kappa shape index (κ3) is 1.81. The number of carbonyl (C=O) groups excluding carboxylic acids is 1. The van der Waals surface area contributed by atoms with Crippen LogP contribution in [0.1, 0.15) is 41.4 Å². The van der Waals surface area contributed by atoms with Gasteiger partial charge in [-0.1, -0.05) is 6.07 Å². The molecule has 2 aromatic rings. The predicted octanol–water partition coefficient (Wildman–Crippen LogP) is 1.78. The summed E-state index contributed by atoms with van der Waals surface area (Å²) >= 11 is 0. The molecule has 3 N–H and O–H groups in total. The Morgan fingerprint density at radius 2 is 2.30 bits per heavy atom. The number of rotatable bonds is 2. The minimum atomic E-state index is -0.462. The number of oxazole rings is 1. The van der Waals surface area contributed by atoms with Crippen molar-refractivity contribution in [2.75, 3.05) is 13.1 Å². The van der Waals surface area contributed by atoms with Crippen LogP contribution in [0.4, 0.5) is 0 Å². The molecule has 1 aromatic heterocycles. The number of benzene rings is 1. The highest BCUT2D eigenvalue weighted by Gasteiger charge is 2.47. The van der Waals surface area contributed by atoms with Gasteiger partial charge >= 0.3 is 0 Å². The molecule has 1 aromatic carbocycles. The van der Waals surface area contributed by atoms with Crippen LogP contribution in [0.3, 0.4) is 0 Å². The fourth-order valence-electron chi connectivity index (χ4n) is 3.25. The van der Waals surface area contributed by atoms with Crippen LogP contribution in [-0.4, -0.2) is 24.0 Å². The number of nitrogens with two attached hydrogens (primary N) is 1. The zero-order valence-electron chi connectivity index (χ0n) is 11.2. The molecule has 1 unspecified atom stereocenters. The van der Waals surface area contributed by atoms with Crippen LogP contribution in [-0.2, 0) is 0 Å². The second-order valence-electron chi connectivity index (χ2n) is 6.10. The number of hydrogen-bond donors (Lipinski definition) is 2. The van der Waals surface area contributed by atoms with Gasteiger partial charge in [-0.15, -0.1) is 0 Å². The molecule has 1 aliphatic heterocycles. The quantitative estimate of drug-likeness (QED) is 0.872. The zero-order chi connectivity index (χ0) is 13.7. The smallest absolute Gasteiger partial charge is 0.251 e. The summed E-state index contributed by atoms with van der Waals surface area (Å²) in [5.41, 5.74) is 7.52. The van der Waals surface area contributed by atoms with Crippen LogP contribution in [0.5, 0.6) is 0 Å². The van der Waals surface area contributed by atoms with Crippen molar-refractivity contribution < 1.29 is 9.21 Å². The Hall–Kier alpha value is -1.88. The highest BCUT2D eigenvalue weighted by atomic mass is 16.3. The van der Waals surface area contributed by atoms with Crippen LogP contribution in [0, 0.1) is 5.41 Å². The van der Waals surface area contributed by atoms with Gasteiger partial charge in [0.1, 0.15) is 5.52 Å². The van der Waals surface area contributed by atoms with Gasteiger partial charge in [-0.3, -0.25) is 4.79 Å². The number of fused-ring (bicyclic) bond motifs is 1. The molecule has 0 bridgehead atoms. The van der Waals surface area contributed by atoms with Crippen LogP contribution in [0.15, 0.2) is 22.6 Å². The maximum Gasteiger partial charge on any atom is 0.251 e. The Labute approximate surface area is 116 Å². The van der Waals surface area contributed by atoms with Crippen molar-refractivity contribution in [3.8, 4) is 0 Å². The first-order valence-electron chi connectivity index (χ1n) is 7.07. The summed E-state index contributed by atoms with van der Waals surface area (Å²) in [5, 5.41) is 3.48. The average Bonchev–Trinajstić information content (AvgIpc) is 3.04. The molecule has 20 heavy (non-hydrogen) atoms. The maximum absolute atomic E-state index is 11.4. The molecule has 5 nitrogen and oxygen atoms in total. The van der Waals surface area contributed by atoms with Crippen molar-refractivity contribution in [1.29, 1.82) is 0 Å². The van der Waals surface area contributed by atoms with E-state index in [1.807, 2.05) is 6.07 Å². The Kier molecular flexibility index (Phi) is 2.41. The summed E-state index contributed by atoms with van der Waals surface area (Å²) in [6.07, 6.45) is 3.71. The molecule has 5 heteroatoms. The molecule has 2 aliphatic rings. The third-order valence-corrected chi connectivity index (χ3v) is 4.58. The van der Waals surface area contributed by atoms with E-state index < -0.39 is 5.91 Å². The summed E-state index contributed by atoms with van der Waals surface area (Å²) < 4.78 is 5.86. The van der Waals surface area contributed by atoms with Gasteiger partial charge in [-0.05, 0) is 36.8 Å². The largest absolute Gasteiger partial charge is 0.440 e. The standard InChI is InChI=1S/C15H17N3O2/c16-13(19)10-2-1-3-11-12(10)18-14(20-11)9-6-15(4-5-15)8-17-7-9/h1-3,9,17H,4-8H2,(H2,16,19). The first-order valence-corrected chi connectivity index (χ1v) is 7.07. The van der Waals surface area contributed by atoms with Gasteiger partial charge in [0, 0.05) is 19.0 Å². The fraction of sp³-hybridized carbons (Fsp3) is 0.467. The van der Waals surface area contributed by atoms with Crippen molar-refractivity contribution in [2.24, 2.45) is 11.1 Å². The van der Waals surface area contributed by atoms with Gasteiger partial charge in [0.05, 0.1) is 5.56 Å². The van der Waals surface area contributed by atoms with Crippen molar-refractivity contribution >= 4 is 17.0 Å². The summed E-state index contributed by atoms with van der Waals surface area (Å²) in [6, 6.07) is 5.30. The zero-order valence-corrected chi connectivity index (χ0v) is 11.2. The molecule has 1 spiro atoms. The first kappa shape index (κ1) is 11.9. The van der Waals surface area contributed by atoms with E-state index in [2.05, 4.69) is 10.3 Å². The molecule has 1 saturated carbocycles. The molecule has 2 fully saturated rings. The van der Waals surface area contributed by atoms with Gasteiger partial charge < -0.3 is 15.5 Å². The lowest BCUT2D eigenvalue weighted by molar-refractivity contribution is 0.100. The fourth-order valence-corrected chi connectivity index (χ4v) is 3.25. The van der Waals surface area contributed by atoms with Crippen molar-refractivity contribution in [3.63, 3.8) is 0 Å². The van der Waals surface area contributed by atoms with Gasteiger partial charge in [-0.2, -0.15) is 0 Å². The first-order chi connectivity index (χ1) is 9.67. The number of nitrogens with one attached hydrogen (secondary N) is 1. The van der Waals surface area contributed by atoms with E-state index >= 15 is 0 Å². The highest BCUT2D eigenvalue weighted by Crippen LogP contribution is 2.53. The minimum absolute atomic E-state index is 0.291. The van der Waals surface area contributed by atoms with Crippen LogP contribution >= 0.6 is 0 Å². The van der Waals surface area contributed by atoms with E-state index in [1.54, 1.807) is 12.1 Å². The van der Waals surface area contributed by atoms with Crippen LogP contribution in [0.25, 0.3) is 11.1 Å². The Morgan fingerprint density at radius 1 is 1.45 bits per heavy atom. The van der Waals surface area contributed by atoms with Gasteiger partial charge in [0.2, 0.25) is 0 Å². The summed E-state index contributed by atoms with van der Waals surface area (Å²) in [7, 11) is 0. The lowest BCUT2D eigenvalue weighted by atomic mass is 9.88. The lowest BCUT2D eigenvalue weighted by Crippen LogP contribution is -2.36. The molecule has 104 valence electrons. The molecule has 1 atom stereocenters. The van der Waals surface area contributed by atoms with Gasteiger partial charge in [0.15, 0.2) is 11.5 Å². The topological polar surface area (TPSA) is 81.2 Å². The number of carbonyl (C=O) groups is 1. The second-order valence-corrected chi connectivity index (χ2v) is 6.10. The molecule has 0 radical (unpaired) electrons. The predicted molar refractivity (Wildman–Crippen MR) is 74.4 cm³/mol. The maximum atomic E-state index is 11.4. The van der Waals surface area contributed by atoms with E-state index in [0.717, 1.165) is 25.4 Å². The monoisotopic (exact) mass is 271 g/mol. The molecule has 1 amide bonds. The van der Waals surface area contributed by atoms with E-state index in [1.165, 1.54) is 12.8 Å². The average molecular weight is 271 g/mol. The van der Waals surface area contributed by atoms with Crippen molar-refractivity contribution in [3.05, 3.63) is 29.7 Å². The number of primary amides is 1. The molecular weight excluding hydrogens is 254 g/mol. The van der Waals surface area contributed by atoms with Crippen LogP contribution < -0.4 is 11.1 Å².